The maximum Gasteiger partial charge on any atom is 0.321 e. The minimum Gasteiger partial charge on any atom is -0.397 e. The first kappa shape index (κ1) is 19.9. The second-order valence-corrected chi connectivity index (χ2v) is 7.49. The fraction of sp³-hybridized carbons (Fsp3) is 0.882. The molecule has 0 fully saturated rings. The summed E-state index contributed by atoms with van der Waals surface area (Å²) in [6, 6.07) is 1.18. The van der Waals surface area contributed by atoms with E-state index in [1.807, 2.05) is 6.08 Å². The molecule has 0 spiro atoms. The molecule has 120 valence electrons. The number of hydrogen-bond donors (Lipinski definition) is 0. The average molecular weight is 301 g/mol. The van der Waals surface area contributed by atoms with Gasteiger partial charge in [0.15, 0.2) is 0 Å². The van der Waals surface area contributed by atoms with Crippen molar-refractivity contribution >= 4 is 9.28 Å². The monoisotopic (exact) mass is 300 g/mol. The normalized spacial score (nSPS) is 11.2. The van der Waals surface area contributed by atoms with E-state index in [0.717, 1.165) is 13.2 Å². The van der Waals surface area contributed by atoms with Gasteiger partial charge in [-0.05, 0) is 32.7 Å². The maximum absolute atomic E-state index is 5.68. The molecule has 0 amide bonds. The summed E-state index contributed by atoms with van der Waals surface area (Å²) in [6.07, 6.45) is 15.5. The molecule has 0 N–H and O–H groups in total. The van der Waals surface area contributed by atoms with Crippen LogP contribution in [-0.4, -0.2) is 22.5 Å². The molecule has 0 rings (SSSR count). The highest BCUT2D eigenvalue weighted by atomic mass is 28.3. The van der Waals surface area contributed by atoms with Gasteiger partial charge in [0.1, 0.15) is 0 Å². The lowest BCUT2D eigenvalue weighted by Crippen LogP contribution is -2.22. The van der Waals surface area contributed by atoms with Crippen molar-refractivity contribution < 1.29 is 8.85 Å². The van der Waals surface area contributed by atoms with E-state index < -0.39 is 9.28 Å². The van der Waals surface area contributed by atoms with Gasteiger partial charge in [0, 0.05) is 13.2 Å². The first-order chi connectivity index (χ1) is 9.85. The molecular formula is C17H36O2Si. The lowest BCUT2D eigenvalue weighted by Gasteiger charge is -2.14. The van der Waals surface area contributed by atoms with E-state index >= 15 is 0 Å². The highest BCUT2D eigenvalue weighted by molar-refractivity contribution is 6.44. The van der Waals surface area contributed by atoms with E-state index in [1.54, 1.807) is 0 Å². The van der Waals surface area contributed by atoms with Crippen LogP contribution in [0.1, 0.15) is 78.1 Å². The largest absolute Gasteiger partial charge is 0.397 e. The van der Waals surface area contributed by atoms with E-state index in [0.29, 0.717) is 0 Å². The summed E-state index contributed by atoms with van der Waals surface area (Å²) in [5.41, 5.74) is 0. The molecule has 0 atom stereocenters. The minimum atomic E-state index is -1.32. The Labute approximate surface area is 128 Å². The average Bonchev–Trinajstić information content (AvgIpc) is 2.45. The third-order valence-corrected chi connectivity index (χ3v) is 5.84. The molecule has 0 heterocycles. The summed E-state index contributed by atoms with van der Waals surface area (Å²) >= 11 is 0. The smallest absolute Gasteiger partial charge is 0.321 e. The Bertz CT molecular complexity index is 191. The molecule has 20 heavy (non-hydrogen) atoms. The number of hydrogen-bond acceptors (Lipinski definition) is 2. The molecule has 2 nitrogen and oxygen atoms in total. The Morgan fingerprint density at radius 1 is 0.750 bits per heavy atom. The molecule has 0 aromatic carbocycles. The standard InChI is InChI=1S/C17H36O2Si/c1-4-7-8-9-10-11-12-13-14-15-16-17-20(18-5-2)19-6-3/h4,20H,1,5-17H2,2-3H3. The minimum absolute atomic E-state index is 0.808. The van der Waals surface area contributed by atoms with Crippen molar-refractivity contribution in [2.24, 2.45) is 0 Å². The van der Waals surface area contributed by atoms with Crippen molar-refractivity contribution in [3.05, 3.63) is 12.7 Å². The van der Waals surface area contributed by atoms with Crippen molar-refractivity contribution in [2.45, 2.75) is 84.1 Å². The number of allylic oxidation sites excluding steroid dienone is 1. The Morgan fingerprint density at radius 2 is 1.20 bits per heavy atom. The molecule has 0 saturated heterocycles. The first-order valence-corrected chi connectivity index (χ1v) is 10.4. The summed E-state index contributed by atoms with van der Waals surface area (Å²) in [5.74, 6) is 0. The molecule has 0 saturated carbocycles. The van der Waals surface area contributed by atoms with Crippen molar-refractivity contribution in [3.8, 4) is 0 Å². The van der Waals surface area contributed by atoms with Crippen LogP contribution in [0.3, 0.4) is 0 Å². The van der Waals surface area contributed by atoms with Crippen molar-refractivity contribution in [1.82, 2.24) is 0 Å². The second kappa shape index (κ2) is 16.9. The predicted octanol–water partition coefficient (Wildman–Crippen LogP) is 5.37. The quantitative estimate of drug-likeness (QED) is 0.217. The fourth-order valence-corrected chi connectivity index (χ4v) is 4.22. The van der Waals surface area contributed by atoms with Crippen LogP contribution in [0.4, 0.5) is 0 Å². The summed E-state index contributed by atoms with van der Waals surface area (Å²) in [6.45, 7) is 9.50. The van der Waals surface area contributed by atoms with Gasteiger partial charge in [0.2, 0.25) is 0 Å². The van der Waals surface area contributed by atoms with Crippen molar-refractivity contribution in [3.63, 3.8) is 0 Å². The van der Waals surface area contributed by atoms with Gasteiger partial charge in [0.05, 0.1) is 0 Å². The third kappa shape index (κ3) is 14.3. The van der Waals surface area contributed by atoms with Gasteiger partial charge in [-0.15, -0.1) is 6.58 Å². The topological polar surface area (TPSA) is 18.5 Å². The number of unbranched alkanes of at least 4 members (excludes halogenated alkanes) is 9. The van der Waals surface area contributed by atoms with Crippen LogP contribution in [0, 0.1) is 0 Å². The molecule has 0 aliphatic rings. The molecule has 0 aromatic rings. The molecule has 0 radical (unpaired) electrons. The number of rotatable bonds is 16. The summed E-state index contributed by atoms with van der Waals surface area (Å²) in [5, 5.41) is 0. The van der Waals surface area contributed by atoms with E-state index in [-0.39, 0.29) is 0 Å². The zero-order chi connectivity index (χ0) is 14.9. The van der Waals surface area contributed by atoms with Gasteiger partial charge >= 0.3 is 9.28 Å². The molecule has 0 unspecified atom stereocenters. The van der Waals surface area contributed by atoms with Crippen LogP contribution in [0.15, 0.2) is 12.7 Å². The van der Waals surface area contributed by atoms with Gasteiger partial charge in [-0.2, -0.15) is 0 Å². The van der Waals surface area contributed by atoms with Gasteiger partial charge in [-0.1, -0.05) is 57.4 Å². The zero-order valence-corrected chi connectivity index (χ0v) is 15.0. The Balaban J connectivity index is 3.20. The van der Waals surface area contributed by atoms with E-state index in [4.69, 9.17) is 8.85 Å². The van der Waals surface area contributed by atoms with E-state index in [1.165, 1.54) is 70.3 Å². The highest BCUT2D eigenvalue weighted by Crippen LogP contribution is 2.13. The first-order valence-electron chi connectivity index (χ1n) is 8.69. The van der Waals surface area contributed by atoms with Gasteiger partial charge in [-0.3, -0.25) is 0 Å². The Kier molecular flexibility index (Phi) is 16.8. The van der Waals surface area contributed by atoms with Gasteiger partial charge < -0.3 is 8.85 Å². The predicted molar refractivity (Wildman–Crippen MR) is 91.6 cm³/mol. The highest BCUT2D eigenvalue weighted by Gasteiger charge is 2.10. The maximum atomic E-state index is 5.68. The van der Waals surface area contributed by atoms with E-state index in [9.17, 15) is 0 Å². The second-order valence-electron chi connectivity index (χ2n) is 5.39. The summed E-state index contributed by atoms with van der Waals surface area (Å²) in [7, 11) is -1.32. The van der Waals surface area contributed by atoms with Crippen LogP contribution >= 0.6 is 0 Å². The van der Waals surface area contributed by atoms with Gasteiger partial charge in [-0.25, -0.2) is 0 Å². The lowest BCUT2D eigenvalue weighted by molar-refractivity contribution is 0.212. The van der Waals surface area contributed by atoms with Crippen LogP contribution in [0.25, 0.3) is 0 Å². The van der Waals surface area contributed by atoms with E-state index in [2.05, 4.69) is 20.4 Å². The van der Waals surface area contributed by atoms with Crippen molar-refractivity contribution in [1.29, 1.82) is 0 Å². The van der Waals surface area contributed by atoms with Crippen LogP contribution in [0.5, 0.6) is 0 Å². The Hall–Kier alpha value is -0.123. The van der Waals surface area contributed by atoms with Crippen molar-refractivity contribution in [2.75, 3.05) is 13.2 Å². The van der Waals surface area contributed by atoms with Crippen LogP contribution in [-0.2, 0) is 8.85 Å². The molecule has 3 heteroatoms. The molecule has 0 aliphatic heterocycles. The third-order valence-electron chi connectivity index (χ3n) is 3.55. The lowest BCUT2D eigenvalue weighted by atomic mass is 10.1. The summed E-state index contributed by atoms with van der Waals surface area (Å²) in [4.78, 5) is 0. The molecule has 0 aromatic heterocycles. The SMILES string of the molecule is C=CCCCCCCCCCCC[SiH](OCC)OCC. The fourth-order valence-electron chi connectivity index (χ4n) is 2.42. The molecule has 0 aliphatic carbocycles. The van der Waals surface area contributed by atoms with Gasteiger partial charge in [0.25, 0.3) is 0 Å². The molecule has 0 bridgehead atoms. The zero-order valence-electron chi connectivity index (χ0n) is 13.9. The van der Waals surface area contributed by atoms with Crippen LogP contribution < -0.4 is 0 Å². The van der Waals surface area contributed by atoms with Crippen LogP contribution in [0.2, 0.25) is 6.04 Å². The summed E-state index contributed by atoms with van der Waals surface area (Å²) < 4.78 is 11.4. The Morgan fingerprint density at radius 3 is 1.65 bits per heavy atom. The molecular weight excluding hydrogens is 264 g/mol.